The van der Waals surface area contributed by atoms with Crippen LogP contribution in [0.25, 0.3) is 0 Å². The number of hydrogen-bond donors (Lipinski definition) is 0. The van der Waals surface area contributed by atoms with Gasteiger partial charge in [0.2, 0.25) is 0 Å². The molecule has 1 heteroatoms. The molecule has 0 amide bonds. The van der Waals surface area contributed by atoms with Gasteiger partial charge >= 0.3 is 0 Å². The summed E-state index contributed by atoms with van der Waals surface area (Å²) >= 11 is 0. The molecule has 0 aromatic carbocycles. The first-order valence-electron chi connectivity index (χ1n) is 4.65. The third-order valence-electron chi connectivity index (χ3n) is 2.28. The average Bonchev–Trinajstić information content (AvgIpc) is 2.05. The van der Waals surface area contributed by atoms with E-state index in [1.54, 1.807) is 0 Å². The van der Waals surface area contributed by atoms with Crippen LogP contribution in [-0.2, 0) is 12.8 Å². The fourth-order valence-electron chi connectivity index (χ4n) is 1.55. The van der Waals surface area contributed by atoms with Gasteiger partial charge < -0.3 is 0 Å². The minimum atomic E-state index is 1.04. The highest BCUT2D eigenvalue weighted by Crippen LogP contribution is 2.12. The summed E-state index contributed by atoms with van der Waals surface area (Å²) < 4.78 is 0. The standard InChI is InChI=1S/C11H17N/c1-5-10-8(3)7-9(4)11(6-2)12-10/h7H,5-6H2,1-4H3. The van der Waals surface area contributed by atoms with Crippen molar-refractivity contribution in [3.05, 3.63) is 28.6 Å². The molecule has 0 radical (unpaired) electrons. The molecule has 0 aliphatic heterocycles. The number of hydrogen-bond acceptors (Lipinski definition) is 1. The van der Waals surface area contributed by atoms with Crippen LogP contribution >= 0.6 is 0 Å². The molecule has 1 heterocycles. The lowest BCUT2D eigenvalue weighted by Gasteiger charge is -2.07. The number of aryl methyl sites for hydroxylation is 4. The van der Waals surface area contributed by atoms with Crippen molar-refractivity contribution in [1.82, 2.24) is 4.98 Å². The van der Waals surface area contributed by atoms with Crippen LogP contribution in [0.4, 0.5) is 0 Å². The second-order valence-corrected chi connectivity index (χ2v) is 3.22. The van der Waals surface area contributed by atoms with Crippen LogP contribution in [0, 0.1) is 13.8 Å². The largest absolute Gasteiger partial charge is 0.257 e. The van der Waals surface area contributed by atoms with Crippen LogP contribution in [0.5, 0.6) is 0 Å². The zero-order valence-electron chi connectivity index (χ0n) is 8.44. The average molecular weight is 163 g/mol. The molecule has 0 atom stereocenters. The van der Waals surface area contributed by atoms with Gasteiger partial charge in [-0.2, -0.15) is 0 Å². The van der Waals surface area contributed by atoms with Gasteiger partial charge in [-0.15, -0.1) is 0 Å². The maximum absolute atomic E-state index is 4.61. The molecule has 66 valence electrons. The molecular formula is C11H17N. The zero-order chi connectivity index (χ0) is 9.14. The summed E-state index contributed by atoms with van der Waals surface area (Å²) in [6.45, 7) is 8.59. The van der Waals surface area contributed by atoms with E-state index >= 15 is 0 Å². The summed E-state index contributed by atoms with van der Waals surface area (Å²) in [6.07, 6.45) is 2.08. The predicted molar refractivity (Wildman–Crippen MR) is 52.5 cm³/mol. The van der Waals surface area contributed by atoms with E-state index in [-0.39, 0.29) is 0 Å². The van der Waals surface area contributed by atoms with Crippen molar-refractivity contribution in [2.24, 2.45) is 0 Å². The Morgan fingerprint density at radius 3 is 1.75 bits per heavy atom. The Morgan fingerprint density at radius 2 is 1.42 bits per heavy atom. The van der Waals surface area contributed by atoms with Crippen LogP contribution < -0.4 is 0 Å². The normalized spacial score (nSPS) is 10.3. The van der Waals surface area contributed by atoms with Crippen LogP contribution in [0.2, 0.25) is 0 Å². The first kappa shape index (κ1) is 9.24. The van der Waals surface area contributed by atoms with Crippen molar-refractivity contribution < 1.29 is 0 Å². The van der Waals surface area contributed by atoms with Gasteiger partial charge in [-0.1, -0.05) is 19.9 Å². The third kappa shape index (κ3) is 1.66. The SMILES string of the molecule is CCc1nc(CC)c(C)cc1C. The monoisotopic (exact) mass is 163 g/mol. The summed E-state index contributed by atoms with van der Waals surface area (Å²) in [5.74, 6) is 0. The van der Waals surface area contributed by atoms with Gasteiger partial charge in [-0.05, 0) is 37.8 Å². The van der Waals surface area contributed by atoms with E-state index in [4.69, 9.17) is 0 Å². The number of nitrogens with zero attached hydrogens (tertiary/aromatic N) is 1. The van der Waals surface area contributed by atoms with Gasteiger partial charge in [0.15, 0.2) is 0 Å². The summed E-state index contributed by atoms with van der Waals surface area (Å²) in [6, 6.07) is 2.24. The lowest BCUT2D eigenvalue weighted by atomic mass is 10.1. The Morgan fingerprint density at radius 1 is 1.00 bits per heavy atom. The molecule has 0 bridgehead atoms. The Bertz CT molecular complexity index is 251. The van der Waals surface area contributed by atoms with Gasteiger partial charge in [-0.25, -0.2) is 0 Å². The van der Waals surface area contributed by atoms with Crippen molar-refractivity contribution in [3.8, 4) is 0 Å². The maximum Gasteiger partial charge on any atom is 0.0433 e. The molecule has 0 saturated heterocycles. The van der Waals surface area contributed by atoms with Gasteiger partial charge in [-0.3, -0.25) is 4.98 Å². The second kappa shape index (κ2) is 3.70. The molecule has 0 N–H and O–H groups in total. The fourth-order valence-corrected chi connectivity index (χ4v) is 1.55. The lowest BCUT2D eigenvalue weighted by Crippen LogP contribution is -1.99. The number of rotatable bonds is 2. The molecule has 1 aromatic rings. The highest BCUT2D eigenvalue weighted by atomic mass is 14.7. The fraction of sp³-hybridized carbons (Fsp3) is 0.545. The molecule has 0 unspecified atom stereocenters. The highest BCUT2D eigenvalue weighted by Gasteiger charge is 2.02. The van der Waals surface area contributed by atoms with Gasteiger partial charge in [0, 0.05) is 11.4 Å². The molecule has 0 fully saturated rings. The smallest absolute Gasteiger partial charge is 0.0433 e. The van der Waals surface area contributed by atoms with Gasteiger partial charge in [0.1, 0.15) is 0 Å². The van der Waals surface area contributed by atoms with E-state index in [1.165, 1.54) is 22.5 Å². The summed E-state index contributed by atoms with van der Waals surface area (Å²) in [5, 5.41) is 0. The highest BCUT2D eigenvalue weighted by molar-refractivity contribution is 5.28. The molecule has 1 rings (SSSR count). The zero-order valence-corrected chi connectivity index (χ0v) is 8.44. The van der Waals surface area contributed by atoms with Gasteiger partial charge in [0.05, 0.1) is 0 Å². The minimum absolute atomic E-state index is 1.04. The number of aromatic nitrogens is 1. The van der Waals surface area contributed by atoms with E-state index in [9.17, 15) is 0 Å². The van der Waals surface area contributed by atoms with Crippen molar-refractivity contribution >= 4 is 0 Å². The topological polar surface area (TPSA) is 12.9 Å². The molecule has 0 aliphatic carbocycles. The second-order valence-electron chi connectivity index (χ2n) is 3.22. The summed E-state index contributed by atoms with van der Waals surface area (Å²) in [4.78, 5) is 4.61. The maximum atomic E-state index is 4.61. The Balaban J connectivity index is 3.18. The van der Waals surface area contributed by atoms with Crippen molar-refractivity contribution in [2.75, 3.05) is 0 Å². The number of pyridine rings is 1. The Labute approximate surface area is 74.8 Å². The van der Waals surface area contributed by atoms with Crippen LogP contribution in [-0.4, -0.2) is 4.98 Å². The first-order chi connectivity index (χ1) is 5.69. The van der Waals surface area contributed by atoms with E-state index in [0.717, 1.165) is 12.8 Å². The molecule has 0 saturated carbocycles. The van der Waals surface area contributed by atoms with E-state index in [0.29, 0.717) is 0 Å². The first-order valence-corrected chi connectivity index (χ1v) is 4.65. The Kier molecular flexibility index (Phi) is 2.85. The van der Waals surface area contributed by atoms with Crippen LogP contribution in [0.3, 0.4) is 0 Å². The summed E-state index contributed by atoms with van der Waals surface area (Å²) in [5.41, 5.74) is 5.15. The van der Waals surface area contributed by atoms with Crippen molar-refractivity contribution in [2.45, 2.75) is 40.5 Å². The van der Waals surface area contributed by atoms with Crippen LogP contribution in [0.1, 0.15) is 36.4 Å². The molecule has 1 nitrogen and oxygen atoms in total. The Hall–Kier alpha value is -0.850. The van der Waals surface area contributed by atoms with Crippen molar-refractivity contribution in [3.63, 3.8) is 0 Å². The molecule has 0 spiro atoms. The predicted octanol–water partition coefficient (Wildman–Crippen LogP) is 2.82. The van der Waals surface area contributed by atoms with E-state index < -0.39 is 0 Å². The van der Waals surface area contributed by atoms with E-state index in [2.05, 4.69) is 38.7 Å². The van der Waals surface area contributed by atoms with Crippen molar-refractivity contribution in [1.29, 1.82) is 0 Å². The minimum Gasteiger partial charge on any atom is -0.257 e. The molecule has 12 heavy (non-hydrogen) atoms. The van der Waals surface area contributed by atoms with E-state index in [1.807, 2.05) is 0 Å². The summed E-state index contributed by atoms with van der Waals surface area (Å²) in [7, 11) is 0. The third-order valence-corrected chi connectivity index (χ3v) is 2.28. The van der Waals surface area contributed by atoms with Crippen LogP contribution in [0.15, 0.2) is 6.07 Å². The molecule has 0 aliphatic rings. The molecular weight excluding hydrogens is 146 g/mol. The quantitative estimate of drug-likeness (QED) is 0.653. The lowest BCUT2D eigenvalue weighted by molar-refractivity contribution is 0.922. The van der Waals surface area contributed by atoms with Gasteiger partial charge in [0.25, 0.3) is 0 Å². The molecule has 1 aromatic heterocycles.